The summed E-state index contributed by atoms with van der Waals surface area (Å²) in [5.41, 5.74) is 2.56. The number of fused-ring (bicyclic) bond motifs is 2. The van der Waals surface area contributed by atoms with E-state index >= 15 is 0 Å². The van der Waals surface area contributed by atoms with Gasteiger partial charge in [-0.1, -0.05) is 18.3 Å². The highest BCUT2D eigenvalue weighted by atomic mass is 32.1. The van der Waals surface area contributed by atoms with Crippen LogP contribution in [0.4, 0.5) is 24.3 Å². The number of ether oxygens (including phenoxy) is 1. The Morgan fingerprint density at radius 2 is 2.00 bits per heavy atom. The van der Waals surface area contributed by atoms with Gasteiger partial charge in [-0.05, 0) is 49.1 Å². The van der Waals surface area contributed by atoms with Gasteiger partial charge in [-0.2, -0.15) is 0 Å². The maximum absolute atomic E-state index is 12.6. The van der Waals surface area contributed by atoms with Gasteiger partial charge in [0.15, 0.2) is 10.9 Å². The van der Waals surface area contributed by atoms with Gasteiger partial charge in [-0.15, -0.1) is 13.2 Å². The third kappa shape index (κ3) is 5.48. The van der Waals surface area contributed by atoms with E-state index in [-0.39, 0.29) is 24.1 Å². The second kappa shape index (κ2) is 9.59. The van der Waals surface area contributed by atoms with Gasteiger partial charge in [0.05, 0.1) is 21.3 Å². The van der Waals surface area contributed by atoms with Crippen molar-refractivity contribution in [3.05, 3.63) is 42.0 Å². The highest BCUT2D eigenvalue weighted by Gasteiger charge is 2.31. The van der Waals surface area contributed by atoms with E-state index in [1.165, 1.54) is 29.5 Å². The summed E-state index contributed by atoms with van der Waals surface area (Å²) in [6.07, 6.45) is -2.86. The minimum absolute atomic E-state index is 0.0234. The summed E-state index contributed by atoms with van der Waals surface area (Å²) >= 11 is 1.18. The van der Waals surface area contributed by atoms with Gasteiger partial charge in [-0.3, -0.25) is 4.79 Å². The molecule has 0 spiro atoms. The van der Waals surface area contributed by atoms with Crippen LogP contribution >= 0.6 is 11.3 Å². The fourth-order valence-electron chi connectivity index (χ4n) is 3.58. The molecule has 0 bridgehead atoms. The molecule has 0 aliphatic rings. The summed E-state index contributed by atoms with van der Waals surface area (Å²) < 4.78 is 43.8. The number of carbonyl (C=O) groups is 1. The Kier molecular flexibility index (Phi) is 6.76. The van der Waals surface area contributed by atoms with Crippen LogP contribution in [0.2, 0.25) is 0 Å². The van der Waals surface area contributed by atoms with Crippen LogP contribution in [-0.2, 0) is 7.05 Å². The summed E-state index contributed by atoms with van der Waals surface area (Å²) in [5.74, 6) is 0.379. The first-order valence-electron chi connectivity index (χ1n) is 10.7. The zero-order chi connectivity index (χ0) is 24.5. The fraction of sp³-hybridized carbons (Fsp3) is 0.348. The van der Waals surface area contributed by atoms with E-state index in [9.17, 15) is 18.0 Å². The average Bonchev–Trinajstić information content (AvgIpc) is 3.31. The van der Waals surface area contributed by atoms with E-state index in [0.29, 0.717) is 45.2 Å². The van der Waals surface area contributed by atoms with Crippen LogP contribution in [-0.4, -0.2) is 38.4 Å². The van der Waals surface area contributed by atoms with E-state index in [0.717, 1.165) is 11.9 Å². The van der Waals surface area contributed by atoms with Crippen molar-refractivity contribution in [3.63, 3.8) is 0 Å². The molecule has 0 saturated heterocycles. The number of benzene rings is 2. The summed E-state index contributed by atoms with van der Waals surface area (Å²) in [6.45, 7) is 2.06. The molecule has 0 radical (unpaired) electrons. The fourth-order valence-corrected chi connectivity index (χ4v) is 4.47. The van der Waals surface area contributed by atoms with Gasteiger partial charge in [0.2, 0.25) is 5.95 Å². The lowest BCUT2D eigenvalue weighted by molar-refractivity contribution is -0.274. The van der Waals surface area contributed by atoms with Crippen LogP contribution in [0.1, 0.15) is 36.5 Å². The highest BCUT2D eigenvalue weighted by Crippen LogP contribution is 2.33. The smallest absolute Gasteiger partial charge is 0.406 e. The van der Waals surface area contributed by atoms with Crippen LogP contribution in [0.5, 0.6) is 5.75 Å². The molecule has 0 aliphatic heterocycles. The maximum atomic E-state index is 12.6. The molecule has 2 aromatic heterocycles. The van der Waals surface area contributed by atoms with E-state index < -0.39 is 6.36 Å². The number of aliphatic hydroxyl groups excluding tert-OH is 1. The standard InChI is InChI=1S/C23H23F3N4O3S/c1-13(12-31)4-3-5-19(32)14-6-9-18-17(10-14)27-21(30(18)2)29-22-28-16-8-7-15(11-20(16)34-22)33-23(24,25)26/h6-11,13,31H,3-5,12H2,1-2H3,(H,27,28,29)/t13-/m1/s1. The predicted octanol–water partition coefficient (Wildman–Crippen LogP) is 5.81. The first kappa shape index (κ1) is 24.0. The molecule has 0 saturated carbocycles. The minimum Gasteiger partial charge on any atom is -0.406 e. The largest absolute Gasteiger partial charge is 0.573 e. The number of aromatic nitrogens is 3. The summed E-state index contributed by atoms with van der Waals surface area (Å²) in [7, 11) is 1.82. The number of thiazole rings is 1. The van der Waals surface area contributed by atoms with Crippen molar-refractivity contribution in [1.29, 1.82) is 0 Å². The SMILES string of the molecule is C[C@@H](CO)CCCC(=O)c1ccc2c(c1)nc(Nc1nc3ccc(OC(F)(F)F)cc3s1)n2C. The van der Waals surface area contributed by atoms with Crippen molar-refractivity contribution in [2.24, 2.45) is 13.0 Å². The van der Waals surface area contributed by atoms with E-state index in [1.54, 1.807) is 12.1 Å². The van der Waals surface area contributed by atoms with Crippen LogP contribution in [0.25, 0.3) is 21.3 Å². The van der Waals surface area contributed by atoms with Crippen molar-refractivity contribution >= 4 is 49.4 Å². The van der Waals surface area contributed by atoms with Crippen molar-refractivity contribution in [2.75, 3.05) is 11.9 Å². The van der Waals surface area contributed by atoms with Crippen molar-refractivity contribution in [3.8, 4) is 5.75 Å². The molecule has 0 fully saturated rings. The summed E-state index contributed by atoms with van der Waals surface area (Å²) in [5, 5.41) is 12.7. The molecule has 0 aliphatic carbocycles. The topological polar surface area (TPSA) is 89.3 Å². The molecule has 0 amide bonds. The Morgan fingerprint density at radius 3 is 2.74 bits per heavy atom. The normalized spacial score (nSPS) is 12.9. The Balaban J connectivity index is 1.51. The molecule has 2 aromatic carbocycles. The number of alkyl halides is 3. The number of ketones is 1. The number of imidazole rings is 1. The van der Waals surface area contributed by atoms with E-state index in [1.807, 2.05) is 24.6 Å². The number of nitrogens with one attached hydrogen (secondary N) is 1. The van der Waals surface area contributed by atoms with E-state index in [4.69, 9.17) is 5.11 Å². The van der Waals surface area contributed by atoms with Crippen LogP contribution in [0, 0.1) is 5.92 Å². The molecule has 11 heteroatoms. The summed E-state index contributed by atoms with van der Waals surface area (Å²) in [4.78, 5) is 21.5. The number of nitrogens with zero attached hydrogens (tertiary/aromatic N) is 3. The van der Waals surface area contributed by atoms with Gasteiger partial charge in [0.1, 0.15) is 5.75 Å². The van der Waals surface area contributed by atoms with Crippen molar-refractivity contribution in [2.45, 2.75) is 32.5 Å². The Labute approximate surface area is 197 Å². The number of anilines is 2. The summed E-state index contributed by atoms with van der Waals surface area (Å²) in [6, 6.07) is 9.32. The zero-order valence-electron chi connectivity index (χ0n) is 18.5. The lowest BCUT2D eigenvalue weighted by atomic mass is 10.0. The number of aryl methyl sites for hydroxylation is 1. The monoisotopic (exact) mass is 492 g/mol. The van der Waals surface area contributed by atoms with Crippen molar-refractivity contribution < 1.29 is 27.8 Å². The molecule has 7 nitrogen and oxygen atoms in total. The molecular weight excluding hydrogens is 469 g/mol. The Morgan fingerprint density at radius 1 is 1.21 bits per heavy atom. The zero-order valence-corrected chi connectivity index (χ0v) is 19.3. The average molecular weight is 493 g/mol. The van der Waals surface area contributed by atoms with Crippen LogP contribution in [0.3, 0.4) is 0 Å². The van der Waals surface area contributed by atoms with Gasteiger partial charge >= 0.3 is 6.36 Å². The van der Waals surface area contributed by atoms with Crippen molar-refractivity contribution in [1.82, 2.24) is 14.5 Å². The molecular formula is C23H23F3N4O3S. The third-order valence-electron chi connectivity index (χ3n) is 5.43. The predicted molar refractivity (Wildman–Crippen MR) is 125 cm³/mol. The molecule has 180 valence electrons. The number of Topliss-reactive ketones (excluding diaryl/α,β-unsaturated/α-hetero) is 1. The number of halogens is 3. The van der Waals surface area contributed by atoms with Crippen LogP contribution < -0.4 is 10.1 Å². The number of aliphatic hydroxyl groups is 1. The Hall–Kier alpha value is -3.18. The van der Waals surface area contributed by atoms with Gasteiger partial charge < -0.3 is 19.7 Å². The maximum Gasteiger partial charge on any atom is 0.573 e. The number of hydrogen-bond donors (Lipinski definition) is 2. The molecule has 2 heterocycles. The van der Waals surface area contributed by atoms with Gasteiger partial charge in [-0.25, -0.2) is 9.97 Å². The second-order valence-electron chi connectivity index (χ2n) is 8.12. The second-order valence-corrected chi connectivity index (χ2v) is 9.15. The first-order valence-corrected chi connectivity index (χ1v) is 11.5. The number of carbonyl (C=O) groups excluding carboxylic acids is 1. The Bertz CT molecular complexity index is 1330. The van der Waals surface area contributed by atoms with Crippen LogP contribution in [0.15, 0.2) is 36.4 Å². The molecule has 4 aromatic rings. The highest BCUT2D eigenvalue weighted by molar-refractivity contribution is 7.22. The minimum atomic E-state index is -4.76. The molecule has 1 atom stereocenters. The van der Waals surface area contributed by atoms with Gasteiger partial charge in [0, 0.05) is 31.7 Å². The first-order chi connectivity index (χ1) is 16.1. The molecule has 0 unspecified atom stereocenters. The van der Waals surface area contributed by atoms with E-state index in [2.05, 4.69) is 20.0 Å². The lowest BCUT2D eigenvalue weighted by Crippen LogP contribution is -2.16. The number of rotatable bonds is 9. The molecule has 4 rings (SSSR count). The molecule has 34 heavy (non-hydrogen) atoms. The third-order valence-corrected chi connectivity index (χ3v) is 6.36. The lowest BCUT2D eigenvalue weighted by Gasteiger charge is -2.07. The quantitative estimate of drug-likeness (QED) is 0.287. The molecule has 2 N–H and O–H groups in total. The van der Waals surface area contributed by atoms with Gasteiger partial charge in [0.25, 0.3) is 0 Å². The number of hydrogen-bond acceptors (Lipinski definition) is 7.